The van der Waals surface area contributed by atoms with E-state index in [1.807, 2.05) is 31.2 Å². The molecule has 0 bridgehead atoms. The van der Waals surface area contributed by atoms with Gasteiger partial charge >= 0.3 is 5.97 Å². The van der Waals surface area contributed by atoms with Crippen molar-refractivity contribution in [1.82, 2.24) is 10.2 Å². The summed E-state index contributed by atoms with van der Waals surface area (Å²) < 4.78 is 22.3. The van der Waals surface area contributed by atoms with E-state index >= 15 is 0 Å². The number of methoxy groups -OCH3 is 1. The van der Waals surface area contributed by atoms with Gasteiger partial charge in [-0.2, -0.15) is 0 Å². The van der Waals surface area contributed by atoms with Gasteiger partial charge in [-0.25, -0.2) is 4.79 Å². The molecule has 2 aromatic carbocycles. The van der Waals surface area contributed by atoms with E-state index in [1.54, 1.807) is 32.2 Å². The molecule has 150 valence electrons. The lowest BCUT2D eigenvalue weighted by atomic mass is 9.97. The molecule has 1 aliphatic heterocycles. The molecule has 0 fully saturated rings. The molecule has 3 unspecified atom stereocenters. The molecule has 0 radical (unpaired) electrons. The summed E-state index contributed by atoms with van der Waals surface area (Å²) in [7, 11) is 1.60. The van der Waals surface area contributed by atoms with Crippen LogP contribution in [0.2, 0.25) is 0 Å². The number of benzene rings is 2. The number of para-hydroxylation sites is 1. The first-order valence-corrected chi connectivity index (χ1v) is 9.46. The van der Waals surface area contributed by atoms with E-state index < -0.39 is 12.1 Å². The van der Waals surface area contributed by atoms with Crippen molar-refractivity contribution >= 4 is 5.97 Å². The molecule has 29 heavy (non-hydrogen) atoms. The summed E-state index contributed by atoms with van der Waals surface area (Å²) in [5, 5.41) is 8.07. The Labute approximate surface area is 168 Å². The molecule has 7 heteroatoms. The molecular weight excluding hydrogens is 372 g/mol. The van der Waals surface area contributed by atoms with Crippen LogP contribution in [0.3, 0.4) is 0 Å². The standard InChI is InChI=1S/C22H22N2O5/c1-12-13(2)27-19-17(12)6-5-7-18(19)22(25)28-14(3)20-23-24-21(29-20)15-8-10-16(26-4)11-9-15/h5-14H,1-4H3. The highest BCUT2D eigenvalue weighted by Crippen LogP contribution is 2.40. The van der Waals surface area contributed by atoms with Crippen molar-refractivity contribution in [2.24, 2.45) is 0 Å². The lowest BCUT2D eigenvalue weighted by molar-refractivity contribution is 0.0275. The predicted molar refractivity (Wildman–Crippen MR) is 105 cm³/mol. The molecule has 4 rings (SSSR count). The van der Waals surface area contributed by atoms with Crippen molar-refractivity contribution in [2.45, 2.75) is 38.9 Å². The van der Waals surface area contributed by atoms with Gasteiger partial charge in [-0.1, -0.05) is 19.1 Å². The zero-order valence-corrected chi connectivity index (χ0v) is 16.7. The van der Waals surface area contributed by atoms with Gasteiger partial charge in [-0.05, 0) is 44.2 Å². The maximum absolute atomic E-state index is 12.7. The molecular formula is C22H22N2O5. The number of esters is 1. The molecule has 0 aliphatic carbocycles. The summed E-state index contributed by atoms with van der Waals surface area (Å²) >= 11 is 0. The molecule has 3 atom stereocenters. The smallest absolute Gasteiger partial charge is 0.342 e. The third kappa shape index (κ3) is 3.55. The number of carbonyl (C=O) groups is 1. The van der Waals surface area contributed by atoms with E-state index in [0.29, 0.717) is 17.2 Å². The lowest BCUT2D eigenvalue weighted by Gasteiger charge is -2.12. The van der Waals surface area contributed by atoms with Crippen LogP contribution in [0, 0.1) is 0 Å². The van der Waals surface area contributed by atoms with Gasteiger partial charge in [0, 0.05) is 17.0 Å². The Morgan fingerprint density at radius 1 is 1.10 bits per heavy atom. The Morgan fingerprint density at radius 3 is 2.59 bits per heavy atom. The summed E-state index contributed by atoms with van der Waals surface area (Å²) in [5.74, 6) is 1.63. The van der Waals surface area contributed by atoms with Crippen LogP contribution in [0.1, 0.15) is 54.6 Å². The van der Waals surface area contributed by atoms with Gasteiger partial charge in [0.15, 0.2) is 6.10 Å². The van der Waals surface area contributed by atoms with Crippen molar-refractivity contribution in [2.75, 3.05) is 7.11 Å². The second kappa shape index (κ2) is 7.58. The van der Waals surface area contributed by atoms with E-state index in [2.05, 4.69) is 17.1 Å². The summed E-state index contributed by atoms with van der Waals surface area (Å²) in [6.45, 7) is 5.76. The second-order valence-electron chi connectivity index (χ2n) is 7.06. The Balaban J connectivity index is 1.50. The van der Waals surface area contributed by atoms with Gasteiger partial charge in [-0.3, -0.25) is 0 Å². The normalized spacial score (nSPS) is 18.6. The number of hydrogen-bond acceptors (Lipinski definition) is 7. The van der Waals surface area contributed by atoms with E-state index in [4.69, 9.17) is 18.6 Å². The van der Waals surface area contributed by atoms with Crippen LogP contribution < -0.4 is 9.47 Å². The molecule has 7 nitrogen and oxygen atoms in total. The Morgan fingerprint density at radius 2 is 1.86 bits per heavy atom. The summed E-state index contributed by atoms with van der Waals surface area (Å²) in [6, 6.07) is 12.8. The highest BCUT2D eigenvalue weighted by molar-refractivity contribution is 5.93. The zero-order valence-electron chi connectivity index (χ0n) is 16.7. The number of hydrogen-bond donors (Lipinski definition) is 0. The number of aromatic nitrogens is 2. The predicted octanol–water partition coefficient (Wildman–Crippen LogP) is 4.55. The maximum atomic E-state index is 12.7. The third-order valence-electron chi connectivity index (χ3n) is 5.17. The van der Waals surface area contributed by atoms with Gasteiger partial charge in [0.1, 0.15) is 23.2 Å². The summed E-state index contributed by atoms with van der Waals surface area (Å²) in [6.07, 6.45) is -0.687. The van der Waals surface area contributed by atoms with Crippen molar-refractivity contribution in [1.29, 1.82) is 0 Å². The fourth-order valence-electron chi connectivity index (χ4n) is 3.27. The van der Waals surface area contributed by atoms with Crippen molar-refractivity contribution in [3.63, 3.8) is 0 Å². The van der Waals surface area contributed by atoms with Crippen LogP contribution in [0.25, 0.3) is 11.5 Å². The topological polar surface area (TPSA) is 83.7 Å². The van der Waals surface area contributed by atoms with Crippen LogP contribution in [0.5, 0.6) is 11.5 Å². The van der Waals surface area contributed by atoms with Gasteiger partial charge < -0.3 is 18.6 Å². The van der Waals surface area contributed by atoms with Gasteiger partial charge in [0.05, 0.1) is 7.11 Å². The van der Waals surface area contributed by atoms with Crippen LogP contribution >= 0.6 is 0 Å². The monoisotopic (exact) mass is 394 g/mol. The molecule has 1 aromatic heterocycles. The molecule has 0 spiro atoms. The molecule has 0 N–H and O–H groups in total. The molecule has 0 saturated carbocycles. The Kier molecular flexibility index (Phi) is 4.96. The van der Waals surface area contributed by atoms with Crippen LogP contribution in [0.15, 0.2) is 46.9 Å². The first-order chi connectivity index (χ1) is 14.0. The average Bonchev–Trinajstić information content (AvgIpc) is 3.33. The van der Waals surface area contributed by atoms with Gasteiger partial charge in [-0.15, -0.1) is 10.2 Å². The Bertz CT molecular complexity index is 1030. The van der Waals surface area contributed by atoms with Crippen LogP contribution in [0.4, 0.5) is 0 Å². The zero-order chi connectivity index (χ0) is 20.5. The summed E-state index contributed by atoms with van der Waals surface area (Å²) in [4.78, 5) is 12.7. The van der Waals surface area contributed by atoms with Crippen LogP contribution in [-0.4, -0.2) is 29.4 Å². The third-order valence-corrected chi connectivity index (χ3v) is 5.17. The maximum Gasteiger partial charge on any atom is 0.342 e. The number of ether oxygens (including phenoxy) is 3. The fourth-order valence-corrected chi connectivity index (χ4v) is 3.27. The fraction of sp³-hybridized carbons (Fsp3) is 0.318. The number of fused-ring (bicyclic) bond motifs is 1. The first kappa shape index (κ1) is 19.0. The number of carbonyl (C=O) groups excluding carboxylic acids is 1. The van der Waals surface area contributed by atoms with E-state index in [9.17, 15) is 4.79 Å². The Hall–Kier alpha value is -3.35. The van der Waals surface area contributed by atoms with Crippen molar-refractivity contribution < 1.29 is 23.4 Å². The van der Waals surface area contributed by atoms with E-state index in [1.165, 1.54) is 0 Å². The quantitative estimate of drug-likeness (QED) is 0.587. The minimum Gasteiger partial charge on any atom is -0.497 e. The largest absolute Gasteiger partial charge is 0.497 e. The number of nitrogens with zero attached hydrogens (tertiary/aromatic N) is 2. The van der Waals surface area contributed by atoms with E-state index in [0.717, 1.165) is 16.9 Å². The molecule has 0 saturated heterocycles. The van der Waals surface area contributed by atoms with Gasteiger partial charge in [0.2, 0.25) is 5.89 Å². The minimum atomic E-state index is -0.700. The second-order valence-corrected chi connectivity index (χ2v) is 7.06. The van der Waals surface area contributed by atoms with Crippen molar-refractivity contribution in [3.05, 3.63) is 59.5 Å². The van der Waals surface area contributed by atoms with Crippen molar-refractivity contribution in [3.8, 4) is 23.0 Å². The highest BCUT2D eigenvalue weighted by Gasteiger charge is 2.32. The molecule has 2 heterocycles. The molecule has 1 aliphatic rings. The average molecular weight is 394 g/mol. The molecule has 3 aromatic rings. The van der Waals surface area contributed by atoms with E-state index in [-0.39, 0.29) is 17.9 Å². The van der Waals surface area contributed by atoms with Gasteiger partial charge in [0.25, 0.3) is 5.89 Å². The molecule has 0 amide bonds. The SMILES string of the molecule is COc1ccc(-c2nnc(C(C)OC(=O)c3cccc4c3OC(C)C4C)o2)cc1. The van der Waals surface area contributed by atoms with Crippen LogP contribution in [-0.2, 0) is 4.74 Å². The minimum absolute atomic E-state index is 0.0133. The highest BCUT2D eigenvalue weighted by atomic mass is 16.6. The number of rotatable bonds is 5. The lowest BCUT2D eigenvalue weighted by Crippen LogP contribution is -2.12. The summed E-state index contributed by atoms with van der Waals surface area (Å²) in [5.41, 5.74) is 2.17. The first-order valence-electron chi connectivity index (χ1n) is 9.46.